The molecule has 1 aliphatic rings. The number of hydrogen-bond donors (Lipinski definition) is 1. The highest BCUT2D eigenvalue weighted by molar-refractivity contribution is 6.33. The smallest absolute Gasteiger partial charge is 0.0643 e. The molecule has 0 radical (unpaired) electrons. The van der Waals surface area contributed by atoms with Gasteiger partial charge in [-0.15, -0.1) is 0 Å². The molecule has 3 heteroatoms. The minimum absolute atomic E-state index is 0.347. The summed E-state index contributed by atoms with van der Waals surface area (Å²) in [4.78, 5) is 2.36. The van der Waals surface area contributed by atoms with Gasteiger partial charge in [-0.3, -0.25) is 0 Å². The van der Waals surface area contributed by atoms with Crippen LogP contribution in [0.2, 0.25) is 5.02 Å². The quantitative estimate of drug-likeness (QED) is 0.832. The number of benzene rings is 1. The second-order valence-electron chi connectivity index (χ2n) is 5.25. The highest BCUT2D eigenvalue weighted by Gasteiger charge is 2.15. The fraction of sp³-hybridized carbons (Fsp3) is 0.500. The summed E-state index contributed by atoms with van der Waals surface area (Å²) in [5.74, 6) is 0. The Labute approximate surface area is 121 Å². The van der Waals surface area contributed by atoms with Gasteiger partial charge >= 0.3 is 0 Å². The molecule has 1 N–H and O–H groups in total. The van der Waals surface area contributed by atoms with Gasteiger partial charge in [-0.05, 0) is 44.5 Å². The van der Waals surface area contributed by atoms with Crippen LogP contribution in [0.15, 0.2) is 29.8 Å². The molecule has 0 bridgehead atoms. The zero-order valence-corrected chi connectivity index (χ0v) is 12.8. The van der Waals surface area contributed by atoms with Crippen LogP contribution in [0.4, 0.5) is 5.69 Å². The highest BCUT2D eigenvalue weighted by atomic mass is 35.5. The summed E-state index contributed by atoms with van der Waals surface area (Å²) < 4.78 is 0. The highest BCUT2D eigenvalue weighted by Crippen LogP contribution is 2.30. The fourth-order valence-electron chi connectivity index (χ4n) is 2.59. The molecule has 0 aromatic heterocycles. The monoisotopic (exact) mass is 278 g/mol. The zero-order chi connectivity index (χ0) is 13.8. The van der Waals surface area contributed by atoms with E-state index in [1.165, 1.54) is 11.1 Å². The molecule has 0 amide bonds. The minimum Gasteiger partial charge on any atom is -0.366 e. The molecule has 2 rings (SSSR count). The number of anilines is 1. The molecule has 0 spiro atoms. The van der Waals surface area contributed by atoms with Crippen LogP contribution >= 0.6 is 11.6 Å². The molecule has 1 aromatic carbocycles. The zero-order valence-electron chi connectivity index (χ0n) is 12.0. The average Bonchev–Trinajstić information content (AvgIpc) is 2.38. The van der Waals surface area contributed by atoms with E-state index in [2.05, 4.69) is 55.3 Å². The molecule has 1 unspecified atom stereocenters. The first kappa shape index (κ1) is 14.4. The van der Waals surface area contributed by atoms with Crippen LogP contribution in [0.25, 0.3) is 0 Å². The van der Waals surface area contributed by atoms with E-state index < -0.39 is 0 Å². The summed E-state index contributed by atoms with van der Waals surface area (Å²) in [6.45, 7) is 9.48. The van der Waals surface area contributed by atoms with Gasteiger partial charge < -0.3 is 10.2 Å². The standard InChI is InChI=1S/C16H23ClN2/c1-4-18-13(3)14-7-8-16(15(17)10-14)19-9-5-6-12(2)11-19/h6-8,10,13,18H,4-5,9,11H2,1-3H3. The molecule has 1 aliphatic heterocycles. The normalized spacial score (nSPS) is 17.3. The maximum absolute atomic E-state index is 6.47. The van der Waals surface area contributed by atoms with Gasteiger partial charge in [0.2, 0.25) is 0 Å². The number of halogens is 1. The molecular formula is C16H23ClN2. The minimum atomic E-state index is 0.347. The second kappa shape index (κ2) is 6.44. The van der Waals surface area contributed by atoms with E-state index in [9.17, 15) is 0 Å². The van der Waals surface area contributed by atoms with Crippen molar-refractivity contribution in [2.75, 3.05) is 24.5 Å². The maximum Gasteiger partial charge on any atom is 0.0643 e. The summed E-state index contributed by atoms with van der Waals surface area (Å²) >= 11 is 6.47. The average molecular weight is 279 g/mol. The second-order valence-corrected chi connectivity index (χ2v) is 5.66. The van der Waals surface area contributed by atoms with Gasteiger partial charge in [-0.2, -0.15) is 0 Å². The molecule has 2 nitrogen and oxygen atoms in total. The third-order valence-corrected chi connectivity index (χ3v) is 3.96. The van der Waals surface area contributed by atoms with Crippen molar-refractivity contribution < 1.29 is 0 Å². The Morgan fingerprint density at radius 1 is 1.42 bits per heavy atom. The van der Waals surface area contributed by atoms with E-state index in [0.717, 1.165) is 36.8 Å². The Morgan fingerprint density at radius 3 is 2.84 bits per heavy atom. The lowest BCUT2D eigenvalue weighted by atomic mass is 10.1. The van der Waals surface area contributed by atoms with Crippen molar-refractivity contribution in [1.29, 1.82) is 0 Å². The van der Waals surface area contributed by atoms with Gasteiger partial charge in [0.05, 0.1) is 10.7 Å². The summed E-state index contributed by atoms with van der Waals surface area (Å²) in [6.07, 6.45) is 3.42. The van der Waals surface area contributed by atoms with E-state index in [0.29, 0.717) is 6.04 Å². The predicted molar refractivity (Wildman–Crippen MR) is 84.1 cm³/mol. The molecule has 1 atom stereocenters. The number of hydrogen-bond acceptors (Lipinski definition) is 2. The topological polar surface area (TPSA) is 15.3 Å². The van der Waals surface area contributed by atoms with E-state index >= 15 is 0 Å². The van der Waals surface area contributed by atoms with Crippen LogP contribution in [0.3, 0.4) is 0 Å². The molecule has 0 saturated heterocycles. The third-order valence-electron chi connectivity index (χ3n) is 3.65. The Kier molecular flexibility index (Phi) is 4.89. The van der Waals surface area contributed by atoms with Crippen LogP contribution in [0, 0.1) is 0 Å². The van der Waals surface area contributed by atoms with Gasteiger partial charge in [0.25, 0.3) is 0 Å². The molecule has 19 heavy (non-hydrogen) atoms. The van der Waals surface area contributed by atoms with Crippen molar-refractivity contribution in [2.24, 2.45) is 0 Å². The molecule has 1 heterocycles. The van der Waals surface area contributed by atoms with E-state index in [-0.39, 0.29) is 0 Å². The number of nitrogens with one attached hydrogen (secondary N) is 1. The van der Waals surface area contributed by atoms with Gasteiger partial charge in [-0.1, -0.05) is 36.2 Å². The van der Waals surface area contributed by atoms with Crippen LogP contribution < -0.4 is 10.2 Å². The Balaban J connectivity index is 2.17. The summed E-state index contributed by atoms with van der Waals surface area (Å²) in [7, 11) is 0. The van der Waals surface area contributed by atoms with Gasteiger partial charge in [0.15, 0.2) is 0 Å². The van der Waals surface area contributed by atoms with Crippen molar-refractivity contribution in [1.82, 2.24) is 5.32 Å². The maximum atomic E-state index is 6.47. The van der Waals surface area contributed by atoms with Crippen molar-refractivity contribution in [3.05, 3.63) is 40.4 Å². The fourth-order valence-corrected chi connectivity index (χ4v) is 2.90. The van der Waals surface area contributed by atoms with Crippen molar-refractivity contribution in [3.8, 4) is 0 Å². The van der Waals surface area contributed by atoms with E-state index in [1.807, 2.05) is 0 Å². The summed E-state index contributed by atoms with van der Waals surface area (Å²) in [5.41, 5.74) is 3.83. The van der Waals surface area contributed by atoms with E-state index in [1.54, 1.807) is 0 Å². The number of rotatable bonds is 4. The Bertz CT molecular complexity index is 468. The van der Waals surface area contributed by atoms with Crippen LogP contribution in [-0.2, 0) is 0 Å². The Morgan fingerprint density at radius 2 is 2.21 bits per heavy atom. The molecule has 104 valence electrons. The lowest BCUT2D eigenvalue weighted by molar-refractivity contribution is 0.598. The van der Waals surface area contributed by atoms with Gasteiger partial charge in [0.1, 0.15) is 0 Å². The van der Waals surface area contributed by atoms with Crippen LogP contribution in [-0.4, -0.2) is 19.6 Å². The number of nitrogens with zero attached hydrogens (tertiary/aromatic N) is 1. The van der Waals surface area contributed by atoms with Gasteiger partial charge in [-0.25, -0.2) is 0 Å². The van der Waals surface area contributed by atoms with Crippen molar-refractivity contribution >= 4 is 17.3 Å². The van der Waals surface area contributed by atoms with E-state index in [4.69, 9.17) is 11.6 Å². The van der Waals surface area contributed by atoms with Crippen molar-refractivity contribution in [3.63, 3.8) is 0 Å². The van der Waals surface area contributed by atoms with Crippen LogP contribution in [0.5, 0.6) is 0 Å². The van der Waals surface area contributed by atoms with Gasteiger partial charge in [0, 0.05) is 19.1 Å². The predicted octanol–water partition coefficient (Wildman–Crippen LogP) is 4.17. The van der Waals surface area contributed by atoms with Crippen molar-refractivity contribution in [2.45, 2.75) is 33.2 Å². The third kappa shape index (κ3) is 3.52. The summed E-state index contributed by atoms with van der Waals surface area (Å²) in [6, 6.07) is 6.78. The molecule has 0 aliphatic carbocycles. The first-order valence-corrected chi connectivity index (χ1v) is 7.43. The molecular weight excluding hydrogens is 256 g/mol. The SMILES string of the molecule is CCNC(C)c1ccc(N2CCC=C(C)C2)c(Cl)c1. The van der Waals surface area contributed by atoms with Crippen LogP contribution in [0.1, 0.15) is 38.8 Å². The molecule has 1 aromatic rings. The first-order chi connectivity index (χ1) is 9.11. The lowest BCUT2D eigenvalue weighted by Gasteiger charge is -2.29. The first-order valence-electron chi connectivity index (χ1n) is 7.05. The largest absolute Gasteiger partial charge is 0.366 e. The molecule has 0 saturated carbocycles. The molecule has 0 fully saturated rings. The lowest BCUT2D eigenvalue weighted by Crippen LogP contribution is -2.29. The summed E-state index contributed by atoms with van der Waals surface area (Å²) in [5, 5.41) is 4.27. The Hall–Kier alpha value is -0.990.